The van der Waals surface area contributed by atoms with Gasteiger partial charge in [0.15, 0.2) is 0 Å². The molecule has 2 rings (SSSR count). The molecule has 0 unspecified atom stereocenters. The normalized spacial score (nSPS) is 11.1. The molecule has 2 aromatic rings. The standard InChI is InChI=1S/C16H17NO2/c1-16(2,19-15(17)18)14-10-8-13(9-11-14)12-6-4-3-5-7-12/h3-11H,1-2H3,(H2,17,18). The van der Waals surface area contributed by atoms with Gasteiger partial charge in [-0.2, -0.15) is 0 Å². The van der Waals surface area contributed by atoms with E-state index < -0.39 is 11.7 Å². The zero-order valence-electron chi connectivity index (χ0n) is 11.1. The van der Waals surface area contributed by atoms with Crippen LogP contribution in [0.5, 0.6) is 0 Å². The van der Waals surface area contributed by atoms with Gasteiger partial charge in [-0.1, -0.05) is 54.6 Å². The van der Waals surface area contributed by atoms with E-state index >= 15 is 0 Å². The van der Waals surface area contributed by atoms with Crippen molar-refractivity contribution in [1.29, 1.82) is 0 Å². The summed E-state index contributed by atoms with van der Waals surface area (Å²) in [6.07, 6.45) is -0.767. The second-order valence-electron chi connectivity index (χ2n) is 4.87. The average molecular weight is 255 g/mol. The molecule has 0 aromatic heterocycles. The molecule has 0 atom stereocenters. The van der Waals surface area contributed by atoms with E-state index in [1.54, 1.807) is 0 Å². The summed E-state index contributed by atoms with van der Waals surface area (Å²) < 4.78 is 5.11. The molecule has 0 radical (unpaired) electrons. The average Bonchev–Trinajstić information content (AvgIpc) is 2.38. The van der Waals surface area contributed by atoms with Crippen molar-refractivity contribution in [2.45, 2.75) is 19.4 Å². The minimum atomic E-state index is -0.767. The highest BCUT2D eigenvalue weighted by Crippen LogP contribution is 2.27. The minimum Gasteiger partial charge on any atom is -0.439 e. The molecule has 3 heteroatoms. The van der Waals surface area contributed by atoms with Crippen molar-refractivity contribution in [1.82, 2.24) is 0 Å². The molecule has 0 spiro atoms. The molecule has 98 valence electrons. The number of amides is 1. The van der Waals surface area contributed by atoms with E-state index in [4.69, 9.17) is 10.5 Å². The largest absolute Gasteiger partial charge is 0.439 e. The molecular formula is C16H17NO2. The SMILES string of the molecule is CC(C)(OC(N)=O)c1ccc(-c2ccccc2)cc1. The van der Waals surface area contributed by atoms with E-state index in [1.165, 1.54) is 0 Å². The lowest BCUT2D eigenvalue weighted by atomic mass is 9.95. The Labute approximate surface area is 113 Å². The van der Waals surface area contributed by atoms with Gasteiger partial charge in [0.2, 0.25) is 0 Å². The molecule has 0 aliphatic rings. The predicted octanol–water partition coefficient (Wildman–Crippen LogP) is 3.68. The first-order valence-corrected chi connectivity index (χ1v) is 6.13. The van der Waals surface area contributed by atoms with E-state index in [9.17, 15) is 4.79 Å². The van der Waals surface area contributed by atoms with Gasteiger partial charge in [-0.15, -0.1) is 0 Å². The quantitative estimate of drug-likeness (QED) is 0.909. The lowest BCUT2D eigenvalue weighted by molar-refractivity contribution is 0.0432. The lowest BCUT2D eigenvalue weighted by Crippen LogP contribution is -2.28. The van der Waals surface area contributed by atoms with Crippen molar-refractivity contribution in [3.63, 3.8) is 0 Å². The van der Waals surface area contributed by atoms with Crippen LogP contribution in [0.25, 0.3) is 11.1 Å². The summed E-state index contributed by atoms with van der Waals surface area (Å²) in [6.45, 7) is 3.63. The second-order valence-corrected chi connectivity index (χ2v) is 4.87. The van der Waals surface area contributed by atoms with Crippen LogP contribution in [0.2, 0.25) is 0 Å². The van der Waals surface area contributed by atoms with Crippen LogP contribution in [0.4, 0.5) is 4.79 Å². The Hall–Kier alpha value is -2.29. The number of nitrogens with two attached hydrogens (primary N) is 1. The highest BCUT2D eigenvalue weighted by molar-refractivity contribution is 5.66. The van der Waals surface area contributed by atoms with Gasteiger partial charge in [0.05, 0.1) is 0 Å². The van der Waals surface area contributed by atoms with E-state index in [-0.39, 0.29) is 0 Å². The molecule has 2 aromatic carbocycles. The first kappa shape index (κ1) is 13.1. The predicted molar refractivity (Wildman–Crippen MR) is 75.6 cm³/mol. The molecule has 1 amide bonds. The van der Waals surface area contributed by atoms with Gasteiger partial charge in [-0.25, -0.2) is 4.79 Å². The number of ether oxygens (including phenoxy) is 1. The van der Waals surface area contributed by atoms with E-state index in [1.807, 2.05) is 56.3 Å². The number of primary amides is 1. The minimum absolute atomic E-state index is 0.721. The Morgan fingerprint density at radius 1 is 0.947 bits per heavy atom. The summed E-state index contributed by atoms with van der Waals surface area (Å²) in [6, 6.07) is 18.0. The van der Waals surface area contributed by atoms with Crippen molar-refractivity contribution in [2.75, 3.05) is 0 Å². The van der Waals surface area contributed by atoms with Gasteiger partial charge < -0.3 is 10.5 Å². The molecule has 0 aliphatic carbocycles. The van der Waals surface area contributed by atoms with Crippen LogP contribution in [0, 0.1) is 0 Å². The second kappa shape index (κ2) is 5.14. The van der Waals surface area contributed by atoms with Crippen LogP contribution in [0.15, 0.2) is 54.6 Å². The van der Waals surface area contributed by atoms with Gasteiger partial charge in [0, 0.05) is 0 Å². The molecule has 2 N–H and O–H groups in total. The van der Waals surface area contributed by atoms with Gasteiger partial charge in [0.25, 0.3) is 0 Å². The summed E-state index contributed by atoms with van der Waals surface area (Å²) in [5, 5.41) is 0. The summed E-state index contributed by atoms with van der Waals surface area (Å²) in [4.78, 5) is 10.9. The Balaban J connectivity index is 2.26. The maximum absolute atomic E-state index is 10.9. The number of carbonyl (C=O) groups excluding carboxylic acids is 1. The van der Waals surface area contributed by atoms with Crippen molar-refractivity contribution in [2.24, 2.45) is 5.73 Å². The maximum atomic E-state index is 10.9. The third kappa shape index (κ3) is 3.13. The molecule has 0 bridgehead atoms. The zero-order chi connectivity index (χ0) is 13.9. The van der Waals surface area contributed by atoms with Crippen molar-refractivity contribution < 1.29 is 9.53 Å². The maximum Gasteiger partial charge on any atom is 0.405 e. The molecule has 0 saturated carbocycles. The fourth-order valence-corrected chi connectivity index (χ4v) is 2.01. The third-order valence-electron chi connectivity index (χ3n) is 3.04. The van der Waals surface area contributed by atoms with E-state index in [0.29, 0.717) is 0 Å². The Bertz CT molecular complexity index is 559. The smallest absolute Gasteiger partial charge is 0.405 e. The summed E-state index contributed by atoms with van der Waals surface area (Å²) in [5.41, 5.74) is 7.54. The Morgan fingerprint density at radius 3 is 2.00 bits per heavy atom. The van der Waals surface area contributed by atoms with Crippen LogP contribution in [0.1, 0.15) is 19.4 Å². The molecule has 19 heavy (non-hydrogen) atoms. The number of hydrogen-bond donors (Lipinski definition) is 1. The summed E-state index contributed by atoms with van der Waals surface area (Å²) in [7, 11) is 0. The molecular weight excluding hydrogens is 238 g/mol. The van der Waals surface area contributed by atoms with Crippen LogP contribution in [-0.4, -0.2) is 6.09 Å². The van der Waals surface area contributed by atoms with Crippen molar-refractivity contribution in [3.8, 4) is 11.1 Å². The topological polar surface area (TPSA) is 52.3 Å². The van der Waals surface area contributed by atoms with Crippen LogP contribution in [-0.2, 0) is 10.3 Å². The number of carbonyl (C=O) groups is 1. The van der Waals surface area contributed by atoms with Crippen LogP contribution < -0.4 is 5.73 Å². The molecule has 0 aliphatic heterocycles. The fourth-order valence-electron chi connectivity index (χ4n) is 2.01. The number of benzene rings is 2. The monoisotopic (exact) mass is 255 g/mol. The lowest BCUT2D eigenvalue weighted by Gasteiger charge is -2.24. The van der Waals surface area contributed by atoms with Gasteiger partial charge in [-0.05, 0) is 30.5 Å². The summed E-state index contributed by atoms with van der Waals surface area (Å²) in [5.74, 6) is 0. The highest BCUT2D eigenvalue weighted by atomic mass is 16.6. The Morgan fingerprint density at radius 2 is 1.47 bits per heavy atom. The van der Waals surface area contributed by atoms with Gasteiger partial charge in [0.1, 0.15) is 5.60 Å². The molecule has 0 fully saturated rings. The van der Waals surface area contributed by atoms with Crippen LogP contribution >= 0.6 is 0 Å². The third-order valence-corrected chi connectivity index (χ3v) is 3.04. The van der Waals surface area contributed by atoms with Gasteiger partial charge in [-0.3, -0.25) is 0 Å². The van der Waals surface area contributed by atoms with Crippen molar-refractivity contribution in [3.05, 3.63) is 60.2 Å². The number of rotatable bonds is 3. The number of hydrogen-bond acceptors (Lipinski definition) is 2. The zero-order valence-corrected chi connectivity index (χ0v) is 11.1. The van der Waals surface area contributed by atoms with Crippen molar-refractivity contribution >= 4 is 6.09 Å². The fraction of sp³-hybridized carbons (Fsp3) is 0.188. The highest BCUT2D eigenvalue weighted by Gasteiger charge is 2.24. The van der Waals surface area contributed by atoms with Crippen LogP contribution in [0.3, 0.4) is 0 Å². The molecule has 0 heterocycles. The Kier molecular flexibility index (Phi) is 3.56. The van der Waals surface area contributed by atoms with Gasteiger partial charge >= 0.3 is 6.09 Å². The first-order valence-electron chi connectivity index (χ1n) is 6.13. The molecule has 0 saturated heterocycles. The molecule has 3 nitrogen and oxygen atoms in total. The van der Waals surface area contributed by atoms with E-state index in [0.717, 1.165) is 16.7 Å². The first-order chi connectivity index (χ1) is 8.99. The van der Waals surface area contributed by atoms with E-state index in [2.05, 4.69) is 12.1 Å². The summed E-state index contributed by atoms with van der Waals surface area (Å²) >= 11 is 0.